The van der Waals surface area contributed by atoms with Gasteiger partial charge in [0.2, 0.25) is 0 Å². The summed E-state index contributed by atoms with van der Waals surface area (Å²) in [6, 6.07) is 26.3. The number of likely N-dealkylation sites (tertiary alicyclic amines) is 1. The van der Waals surface area contributed by atoms with Gasteiger partial charge in [-0.1, -0.05) is 42.5 Å². The van der Waals surface area contributed by atoms with Crippen LogP contribution in [0.25, 0.3) is 11.1 Å². The minimum absolute atomic E-state index is 0.0335. The Morgan fingerprint density at radius 3 is 2.60 bits per heavy atom. The number of benzene rings is 3. The summed E-state index contributed by atoms with van der Waals surface area (Å²) in [5, 5.41) is 0. The zero-order valence-corrected chi connectivity index (χ0v) is 24.6. The number of amides is 1. The van der Waals surface area contributed by atoms with Crippen LogP contribution in [0.3, 0.4) is 0 Å². The second-order valence-corrected chi connectivity index (χ2v) is 11.2. The molecule has 222 valence electrons. The third-order valence-corrected chi connectivity index (χ3v) is 8.05. The van der Waals surface area contributed by atoms with Gasteiger partial charge >= 0.3 is 0 Å². The van der Waals surface area contributed by atoms with Crippen molar-refractivity contribution in [1.29, 1.82) is 0 Å². The first-order chi connectivity index (χ1) is 21.2. The van der Waals surface area contributed by atoms with E-state index in [0.717, 1.165) is 53.4 Å². The van der Waals surface area contributed by atoms with Gasteiger partial charge < -0.3 is 19.1 Å². The van der Waals surface area contributed by atoms with Crippen molar-refractivity contribution in [2.45, 2.75) is 25.8 Å². The highest BCUT2D eigenvalue weighted by atomic mass is 16.5. The largest absolute Gasteiger partial charge is 0.492 e. The van der Waals surface area contributed by atoms with E-state index in [2.05, 4.69) is 52.3 Å². The maximum absolute atomic E-state index is 13.8. The molecule has 1 aromatic heterocycles. The molecule has 3 heterocycles. The minimum Gasteiger partial charge on any atom is -0.492 e. The van der Waals surface area contributed by atoms with Crippen LogP contribution in [0.1, 0.15) is 39.9 Å². The third kappa shape index (κ3) is 7.80. The summed E-state index contributed by atoms with van der Waals surface area (Å²) in [6.45, 7) is 6.10. The summed E-state index contributed by atoms with van der Waals surface area (Å²) in [7, 11) is 0. The van der Waals surface area contributed by atoms with Crippen molar-refractivity contribution in [1.82, 2.24) is 14.8 Å². The molecule has 7 heteroatoms. The number of ether oxygens (including phenoxy) is 3. The monoisotopic (exact) mass is 577 g/mol. The van der Waals surface area contributed by atoms with Crippen LogP contribution in [0.15, 0.2) is 91.3 Å². The Morgan fingerprint density at radius 2 is 1.72 bits per heavy atom. The molecule has 4 aromatic rings. The lowest BCUT2D eigenvalue weighted by Gasteiger charge is -2.24. The lowest BCUT2D eigenvalue weighted by Crippen LogP contribution is -2.34. The molecule has 0 unspecified atom stereocenters. The van der Waals surface area contributed by atoms with Crippen LogP contribution in [0.4, 0.5) is 0 Å². The molecule has 2 aliphatic rings. The third-order valence-electron chi connectivity index (χ3n) is 8.05. The second kappa shape index (κ2) is 14.3. The molecule has 2 bridgehead atoms. The van der Waals surface area contributed by atoms with Crippen LogP contribution < -0.4 is 9.47 Å². The number of carbonyl (C=O) groups excluding carboxylic acids is 1. The lowest BCUT2D eigenvalue weighted by atomic mass is 9.98. The van der Waals surface area contributed by atoms with Crippen molar-refractivity contribution < 1.29 is 19.0 Å². The second-order valence-electron chi connectivity index (χ2n) is 11.2. The first kappa shape index (κ1) is 28.9. The van der Waals surface area contributed by atoms with E-state index in [-0.39, 0.29) is 5.91 Å². The summed E-state index contributed by atoms with van der Waals surface area (Å²) < 4.78 is 18.1. The Balaban J connectivity index is 1.19. The fourth-order valence-electron chi connectivity index (χ4n) is 5.79. The van der Waals surface area contributed by atoms with Gasteiger partial charge in [0.05, 0.1) is 13.2 Å². The van der Waals surface area contributed by atoms with Gasteiger partial charge in [-0.3, -0.25) is 14.7 Å². The molecule has 0 atom stereocenters. The number of rotatable bonds is 6. The van der Waals surface area contributed by atoms with Gasteiger partial charge in [-0.15, -0.1) is 0 Å². The van der Waals surface area contributed by atoms with E-state index in [1.54, 1.807) is 6.20 Å². The van der Waals surface area contributed by atoms with Gasteiger partial charge in [0.25, 0.3) is 5.91 Å². The first-order valence-corrected chi connectivity index (χ1v) is 15.3. The average molecular weight is 578 g/mol. The Morgan fingerprint density at radius 1 is 0.837 bits per heavy atom. The highest BCUT2D eigenvalue weighted by molar-refractivity contribution is 5.94. The summed E-state index contributed by atoms with van der Waals surface area (Å²) >= 11 is 0. The molecule has 6 rings (SSSR count). The zero-order valence-electron chi connectivity index (χ0n) is 24.6. The fraction of sp³-hybridized carbons (Fsp3) is 0.333. The Kier molecular flexibility index (Phi) is 9.62. The van der Waals surface area contributed by atoms with Gasteiger partial charge in [0, 0.05) is 49.6 Å². The van der Waals surface area contributed by atoms with Crippen LogP contribution in [0.5, 0.6) is 11.5 Å². The summed E-state index contributed by atoms with van der Waals surface area (Å²) in [5.41, 5.74) is 6.13. The van der Waals surface area contributed by atoms with Crippen molar-refractivity contribution in [3.05, 3.63) is 114 Å². The van der Waals surface area contributed by atoms with Crippen LogP contribution >= 0.6 is 0 Å². The molecular formula is C36H39N3O4. The first-order valence-electron chi connectivity index (χ1n) is 15.3. The van der Waals surface area contributed by atoms with E-state index < -0.39 is 0 Å². The van der Waals surface area contributed by atoms with Crippen molar-refractivity contribution in [3.8, 4) is 22.6 Å². The standard InChI is InChI=1S/C36H39N3O4/c40-36(31-8-4-10-34(25-31)42-19-16-38-14-1-2-15-38)39-17-18-41-20-21-43-35-12-11-30(32-9-5-13-37-26-32)24-33(35)23-28-6-3-7-29(22-28)27-39/h3-13,22,24-26H,1-2,14-21,23,27H2. The van der Waals surface area contributed by atoms with Crippen molar-refractivity contribution in [3.63, 3.8) is 0 Å². The lowest BCUT2D eigenvalue weighted by molar-refractivity contribution is 0.0571. The number of nitrogens with zero attached hydrogens (tertiary/aromatic N) is 3. The minimum atomic E-state index is -0.0335. The number of fused-ring (bicyclic) bond motifs is 3. The molecule has 1 fully saturated rings. The highest BCUT2D eigenvalue weighted by Gasteiger charge is 2.19. The average Bonchev–Trinajstić information content (AvgIpc) is 3.56. The van der Waals surface area contributed by atoms with Gasteiger partial charge in [0.15, 0.2) is 0 Å². The number of aromatic nitrogens is 1. The van der Waals surface area contributed by atoms with Crippen molar-refractivity contribution in [2.24, 2.45) is 0 Å². The van der Waals surface area contributed by atoms with Crippen molar-refractivity contribution >= 4 is 5.91 Å². The number of hydrogen-bond acceptors (Lipinski definition) is 6. The molecule has 0 radical (unpaired) electrons. The molecule has 1 amide bonds. The van der Waals surface area contributed by atoms with E-state index in [9.17, 15) is 4.79 Å². The topological polar surface area (TPSA) is 64.1 Å². The van der Waals surface area contributed by atoms with Gasteiger partial charge in [-0.25, -0.2) is 0 Å². The SMILES string of the molecule is O=C(c1cccc(OCCN2CCCC2)c1)N1CCOCCOc2ccc(-c3cccnc3)cc2Cc2cccc(c2)C1. The molecular weight excluding hydrogens is 538 g/mol. The number of hydrogen-bond donors (Lipinski definition) is 0. The normalized spacial score (nSPS) is 16.1. The van der Waals surface area contributed by atoms with Gasteiger partial charge in [0.1, 0.15) is 24.7 Å². The quantitative estimate of drug-likeness (QED) is 0.286. The maximum Gasteiger partial charge on any atom is 0.254 e. The Labute approximate surface area is 254 Å². The molecule has 3 aromatic carbocycles. The predicted molar refractivity (Wildman–Crippen MR) is 168 cm³/mol. The number of carbonyl (C=O) groups is 1. The molecule has 0 spiro atoms. The number of pyridine rings is 1. The molecule has 0 aliphatic carbocycles. The summed E-state index contributed by atoms with van der Waals surface area (Å²) in [5.74, 6) is 1.55. The molecule has 0 N–H and O–H groups in total. The Bertz CT molecular complexity index is 1500. The molecule has 43 heavy (non-hydrogen) atoms. The van der Waals surface area contributed by atoms with Crippen LogP contribution in [-0.4, -0.2) is 73.3 Å². The van der Waals surface area contributed by atoms with E-state index >= 15 is 0 Å². The van der Waals surface area contributed by atoms with Gasteiger partial charge in [-0.2, -0.15) is 0 Å². The predicted octanol–water partition coefficient (Wildman–Crippen LogP) is 5.87. The maximum atomic E-state index is 13.8. The zero-order chi connectivity index (χ0) is 29.3. The molecule has 0 saturated carbocycles. The van der Waals surface area contributed by atoms with Crippen molar-refractivity contribution in [2.75, 3.05) is 52.6 Å². The smallest absolute Gasteiger partial charge is 0.254 e. The Hall–Kier alpha value is -4.20. The van der Waals surface area contributed by atoms with Crippen LogP contribution in [0, 0.1) is 0 Å². The molecule has 1 saturated heterocycles. The van der Waals surface area contributed by atoms with E-state index in [4.69, 9.17) is 14.2 Å². The van der Waals surface area contributed by atoms with E-state index in [0.29, 0.717) is 51.5 Å². The van der Waals surface area contributed by atoms with E-state index in [1.165, 1.54) is 18.4 Å². The summed E-state index contributed by atoms with van der Waals surface area (Å²) in [6.07, 6.45) is 6.90. The van der Waals surface area contributed by atoms with Gasteiger partial charge in [-0.05, 0) is 84.6 Å². The van der Waals surface area contributed by atoms with E-state index in [1.807, 2.05) is 47.5 Å². The fourth-order valence-corrected chi connectivity index (χ4v) is 5.79. The summed E-state index contributed by atoms with van der Waals surface area (Å²) in [4.78, 5) is 22.4. The van der Waals surface area contributed by atoms with Crippen LogP contribution in [-0.2, 0) is 17.7 Å². The highest BCUT2D eigenvalue weighted by Crippen LogP contribution is 2.29. The molecule has 7 nitrogen and oxygen atoms in total. The molecule has 2 aliphatic heterocycles. The van der Waals surface area contributed by atoms with Crippen LogP contribution in [0.2, 0.25) is 0 Å².